The third kappa shape index (κ3) is 4.21. The number of nitrogens with zero attached hydrogens (tertiary/aromatic N) is 2. The van der Waals surface area contributed by atoms with E-state index in [0.717, 1.165) is 37.9 Å². The Balaban J connectivity index is 1.90. The molecule has 0 bridgehead atoms. The molecular formula is C14H25N3O2. The molecule has 1 aliphatic heterocycles. The van der Waals surface area contributed by atoms with Crippen molar-refractivity contribution in [1.29, 1.82) is 0 Å². The van der Waals surface area contributed by atoms with Crippen molar-refractivity contribution in [2.45, 2.75) is 39.3 Å². The van der Waals surface area contributed by atoms with Gasteiger partial charge in [-0.05, 0) is 18.8 Å². The second-order valence-corrected chi connectivity index (χ2v) is 5.57. The monoisotopic (exact) mass is 267 g/mol. The lowest BCUT2D eigenvalue weighted by molar-refractivity contribution is 0.142. The van der Waals surface area contributed by atoms with Crippen molar-refractivity contribution in [3.05, 3.63) is 12.0 Å². The van der Waals surface area contributed by atoms with Crippen molar-refractivity contribution >= 4 is 6.01 Å². The normalized spacial score (nSPS) is 20.2. The summed E-state index contributed by atoms with van der Waals surface area (Å²) in [6, 6.07) is 1.21. The van der Waals surface area contributed by atoms with Gasteiger partial charge in [0.25, 0.3) is 6.01 Å². The van der Waals surface area contributed by atoms with Gasteiger partial charge in [0.05, 0.1) is 12.3 Å². The molecule has 0 spiro atoms. The molecule has 1 unspecified atom stereocenters. The zero-order valence-corrected chi connectivity index (χ0v) is 12.2. The summed E-state index contributed by atoms with van der Waals surface area (Å²) in [6.07, 6.45) is 4.16. The third-order valence-electron chi connectivity index (χ3n) is 3.42. The Labute approximate surface area is 115 Å². The van der Waals surface area contributed by atoms with Gasteiger partial charge in [0.15, 0.2) is 0 Å². The van der Waals surface area contributed by atoms with Crippen LogP contribution in [0, 0.1) is 5.92 Å². The van der Waals surface area contributed by atoms with Crippen LogP contribution < -0.4 is 10.2 Å². The predicted molar refractivity (Wildman–Crippen MR) is 75.3 cm³/mol. The largest absolute Gasteiger partial charge is 0.432 e. The lowest BCUT2D eigenvalue weighted by atomic mass is 9.99. The summed E-state index contributed by atoms with van der Waals surface area (Å²) in [4.78, 5) is 6.78. The quantitative estimate of drug-likeness (QED) is 0.854. The van der Waals surface area contributed by atoms with Crippen molar-refractivity contribution in [3.63, 3.8) is 0 Å². The van der Waals surface area contributed by atoms with E-state index < -0.39 is 0 Å². The number of piperidine rings is 1. The molecule has 2 rings (SSSR count). The minimum atomic E-state index is 0.459. The van der Waals surface area contributed by atoms with Crippen LogP contribution in [0.2, 0.25) is 0 Å². The SMILES string of the molecule is COCC1CCCN(c2nc(CNC(C)C)co2)C1. The highest BCUT2D eigenvalue weighted by Crippen LogP contribution is 2.22. The Hall–Kier alpha value is -1.07. The first-order chi connectivity index (χ1) is 9.19. The summed E-state index contributed by atoms with van der Waals surface area (Å²) in [5.74, 6) is 0.586. The first-order valence-corrected chi connectivity index (χ1v) is 7.10. The fourth-order valence-electron chi connectivity index (χ4n) is 2.44. The van der Waals surface area contributed by atoms with Crippen LogP contribution >= 0.6 is 0 Å². The molecule has 2 heterocycles. The molecule has 1 aromatic heterocycles. The summed E-state index contributed by atoms with van der Waals surface area (Å²) >= 11 is 0. The highest BCUT2D eigenvalue weighted by atomic mass is 16.5. The molecule has 108 valence electrons. The van der Waals surface area contributed by atoms with E-state index in [1.807, 2.05) is 0 Å². The Morgan fingerprint density at radius 2 is 2.42 bits per heavy atom. The minimum absolute atomic E-state index is 0.459. The number of aromatic nitrogens is 1. The number of methoxy groups -OCH3 is 1. The van der Waals surface area contributed by atoms with Gasteiger partial charge >= 0.3 is 0 Å². The summed E-state index contributed by atoms with van der Waals surface area (Å²) in [5, 5.41) is 3.35. The number of rotatable bonds is 6. The van der Waals surface area contributed by atoms with Crippen molar-refractivity contribution < 1.29 is 9.15 Å². The van der Waals surface area contributed by atoms with Crippen LogP contribution in [-0.2, 0) is 11.3 Å². The fourth-order valence-corrected chi connectivity index (χ4v) is 2.44. The van der Waals surface area contributed by atoms with E-state index >= 15 is 0 Å². The Kier molecular flexibility index (Phi) is 5.22. The molecule has 5 heteroatoms. The molecule has 0 saturated carbocycles. The van der Waals surface area contributed by atoms with E-state index in [4.69, 9.17) is 9.15 Å². The van der Waals surface area contributed by atoms with Crippen LogP contribution in [0.4, 0.5) is 6.01 Å². The van der Waals surface area contributed by atoms with Crippen LogP contribution in [0.25, 0.3) is 0 Å². The van der Waals surface area contributed by atoms with E-state index in [9.17, 15) is 0 Å². The summed E-state index contributed by atoms with van der Waals surface area (Å²) < 4.78 is 10.8. The van der Waals surface area contributed by atoms with E-state index in [-0.39, 0.29) is 0 Å². The Morgan fingerprint density at radius 3 is 3.16 bits per heavy atom. The van der Waals surface area contributed by atoms with Gasteiger partial charge in [-0.25, -0.2) is 0 Å². The van der Waals surface area contributed by atoms with Gasteiger partial charge in [-0.15, -0.1) is 0 Å². The fraction of sp³-hybridized carbons (Fsp3) is 0.786. The van der Waals surface area contributed by atoms with Crippen molar-refractivity contribution in [3.8, 4) is 0 Å². The van der Waals surface area contributed by atoms with Crippen LogP contribution in [0.15, 0.2) is 10.7 Å². The van der Waals surface area contributed by atoms with Gasteiger partial charge in [0.2, 0.25) is 0 Å². The van der Waals surface area contributed by atoms with Crippen LogP contribution in [0.3, 0.4) is 0 Å². The molecule has 0 radical (unpaired) electrons. The van der Waals surface area contributed by atoms with E-state index in [0.29, 0.717) is 12.0 Å². The van der Waals surface area contributed by atoms with Gasteiger partial charge in [0.1, 0.15) is 6.26 Å². The zero-order chi connectivity index (χ0) is 13.7. The number of anilines is 1. The number of ether oxygens (including phenoxy) is 1. The Bertz CT molecular complexity index is 377. The van der Waals surface area contributed by atoms with Gasteiger partial charge in [-0.3, -0.25) is 0 Å². The number of nitrogens with one attached hydrogen (secondary N) is 1. The first kappa shape index (κ1) is 14.3. The summed E-state index contributed by atoms with van der Waals surface area (Å²) in [5.41, 5.74) is 0.970. The zero-order valence-electron chi connectivity index (χ0n) is 12.2. The molecule has 5 nitrogen and oxygen atoms in total. The molecule has 1 saturated heterocycles. The third-order valence-corrected chi connectivity index (χ3v) is 3.42. The summed E-state index contributed by atoms with van der Waals surface area (Å²) in [7, 11) is 1.76. The average molecular weight is 267 g/mol. The van der Waals surface area contributed by atoms with E-state index in [1.165, 1.54) is 12.8 Å². The second kappa shape index (κ2) is 6.91. The maximum atomic E-state index is 5.60. The molecule has 1 aromatic rings. The van der Waals surface area contributed by atoms with Gasteiger partial charge < -0.3 is 19.4 Å². The van der Waals surface area contributed by atoms with Gasteiger partial charge in [-0.1, -0.05) is 13.8 Å². The maximum absolute atomic E-state index is 5.60. The van der Waals surface area contributed by atoms with E-state index in [1.54, 1.807) is 13.4 Å². The van der Waals surface area contributed by atoms with Crippen molar-refractivity contribution in [2.75, 3.05) is 31.7 Å². The molecule has 19 heavy (non-hydrogen) atoms. The van der Waals surface area contributed by atoms with Gasteiger partial charge in [0, 0.05) is 32.8 Å². The summed E-state index contributed by atoms with van der Waals surface area (Å²) in [6.45, 7) is 7.83. The lowest BCUT2D eigenvalue weighted by Gasteiger charge is -2.31. The Morgan fingerprint density at radius 1 is 1.58 bits per heavy atom. The second-order valence-electron chi connectivity index (χ2n) is 5.57. The molecule has 1 N–H and O–H groups in total. The standard InChI is InChI=1S/C14H25N3O2/c1-11(2)15-7-13-10-19-14(16-13)17-6-4-5-12(8-17)9-18-3/h10-12,15H,4-9H2,1-3H3. The number of hydrogen-bond acceptors (Lipinski definition) is 5. The average Bonchev–Trinajstić information content (AvgIpc) is 2.86. The van der Waals surface area contributed by atoms with Crippen molar-refractivity contribution in [2.24, 2.45) is 5.92 Å². The highest BCUT2D eigenvalue weighted by molar-refractivity contribution is 5.27. The molecule has 0 aromatic carbocycles. The predicted octanol–water partition coefficient (Wildman–Crippen LogP) is 2.04. The highest BCUT2D eigenvalue weighted by Gasteiger charge is 2.23. The van der Waals surface area contributed by atoms with E-state index in [2.05, 4.69) is 29.0 Å². The molecule has 0 amide bonds. The molecule has 1 aliphatic rings. The first-order valence-electron chi connectivity index (χ1n) is 7.10. The van der Waals surface area contributed by atoms with Crippen molar-refractivity contribution in [1.82, 2.24) is 10.3 Å². The topological polar surface area (TPSA) is 50.5 Å². The molecular weight excluding hydrogens is 242 g/mol. The smallest absolute Gasteiger partial charge is 0.297 e. The van der Waals surface area contributed by atoms with Gasteiger partial charge in [-0.2, -0.15) is 4.98 Å². The molecule has 0 aliphatic carbocycles. The number of oxazole rings is 1. The minimum Gasteiger partial charge on any atom is -0.432 e. The van der Waals surface area contributed by atoms with Crippen LogP contribution in [0.1, 0.15) is 32.4 Å². The van der Waals surface area contributed by atoms with Crippen LogP contribution in [0.5, 0.6) is 0 Å². The molecule has 1 atom stereocenters. The van der Waals surface area contributed by atoms with Crippen LogP contribution in [-0.4, -0.2) is 37.8 Å². The molecule has 1 fully saturated rings. The number of hydrogen-bond donors (Lipinski definition) is 1. The lowest BCUT2D eigenvalue weighted by Crippen LogP contribution is -2.37. The maximum Gasteiger partial charge on any atom is 0.297 e.